The molecule has 8 nitrogen and oxygen atoms in total. The number of carbonyl (C=O) groups excluding carboxylic acids is 1. The molecule has 0 bridgehead atoms. The molecule has 0 N–H and O–H groups in total. The smallest absolute Gasteiger partial charge is 0.272 e. The third-order valence-corrected chi connectivity index (χ3v) is 6.36. The van der Waals surface area contributed by atoms with Gasteiger partial charge in [-0.25, -0.2) is 9.97 Å². The molecular weight excluding hydrogens is 442 g/mol. The van der Waals surface area contributed by atoms with Crippen LogP contribution in [0.4, 0.5) is 0 Å². The molecule has 1 aromatic carbocycles. The molecule has 5 rings (SSSR count). The largest absolute Gasteiger partial charge is 0.489 e. The van der Waals surface area contributed by atoms with Crippen molar-refractivity contribution in [2.75, 3.05) is 26.3 Å². The Bertz CT molecular complexity index is 1230. The zero-order valence-corrected chi connectivity index (χ0v) is 19.5. The number of likely N-dealkylation sites (tertiary alicyclic amines) is 1. The molecule has 3 aromatic rings. The van der Waals surface area contributed by atoms with Crippen molar-refractivity contribution in [3.05, 3.63) is 71.4 Å². The minimum atomic E-state index is -0.00941. The fourth-order valence-electron chi connectivity index (χ4n) is 4.42. The van der Waals surface area contributed by atoms with Crippen molar-refractivity contribution in [2.45, 2.75) is 38.2 Å². The molecule has 1 amide bonds. The molecule has 0 spiro atoms. The summed E-state index contributed by atoms with van der Waals surface area (Å²) >= 11 is 0. The Morgan fingerprint density at radius 3 is 2.69 bits per heavy atom. The zero-order valence-electron chi connectivity index (χ0n) is 19.5. The molecule has 35 heavy (non-hydrogen) atoms. The van der Waals surface area contributed by atoms with Crippen LogP contribution < -0.4 is 4.74 Å². The van der Waals surface area contributed by atoms with E-state index in [0.717, 1.165) is 55.6 Å². The van der Waals surface area contributed by atoms with E-state index < -0.39 is 0 Å². The molecule has 178 valence electrons. The molecule has 8 heteroatoms. The average Bonchev–Trinajstić information content (AvgIpc) is 3.45. The fraction of sp³-hybridized carbons (Fsp3) is 0.370. The van der Waals surface area contributed by atoms with Crippen molar-refractivity contribution in [2.24, 2.45) is 0 Å². The van der Waals surface area contributed by atoms with Gasteiger partial charge >= 0.3 is 0 Å². The van der Waals surface area contributed by atoms with Crippen molar-refractivity contribution in [1.82, 2.24) is 19.9 Å². The van der Waals surface area contributed by atoms with Gasteiger partial charge in [-0.3, -0.25) is 9.78 Å². The first-order chi connectivity index (χ1) is 17.2. The van der Waals surface area contributed by atoms with Gasteiger partial charge in [-0.1, -0.05) is 6.07 Å². The SMILES string of the molecule is N#Cc1cc(-c2ccnc(Cc3ccc(C(=O)N4CCCC4)nc3)n2)ccc1OC1CCOCC1. The second-order valence-corrected chi connectivity index (χ2v) is 8.84. The van der Waals surface area contributed by atoms with Crippen molar-refractivity contribution in [3.63, 3.8) is 0 Å². The van der Waals surface area contributed by atoms with Crippen LogP contribution in [0.25, 0.3) is 11.3 Å². The lowest BCUT2D eigenvalue weighted by atomic mass is 10.1. The summed E-state index contributed by atoms with van der Waals surface area (Å²) in [6.07, 6.45) is 7.75. The standard InChI is InChI=1S/C27H27N5O3/c28-17-21-16-20(4-6-25(21)35-22-8-13-34-14-9-22)23-7-10-29-26(31-23)15-19-3-5-24(30-18-19)27(33)32-11-1-2-12-32/h3-7,10,16,18,22H,1-2,8-9,11-15H2. The minimum Gasteiger partial charge on any atom is -0.489 e. The predicted molar refractivity (Wildman–Crippen MR) is 129 cm³/mol. The highest BCUT2D eigenvalue weighted by atomic mass is 16.5. The van der Waals surface area contributed by atoms with E-state index in [1.165, 1.54) is 0 Å². The quantitative estimate of drug-likeness (QED) is 0.541. The normalized spacial score (nSPS) is 16.1. The van der Waals surface area contributed by atoms with Crippen molar-refractivity contribution in [3.8, 4) is 23.1 Å². The van der Waals surface area contributed by atoms with Gasteiger partial charge < -0.3 is 14.4 Å². The molecule has 2 aliphatic rings. The Morgan fingerprint density at radius 2 is 1.94 bits per heavy atom. The number of pyridine rings is 1. The van der Waals surface area contributed by atoms with Crippen LogP contribution in [0, 0.1) is 11.3 Å². The van der Waals surface area contributed by atoms with Crippen LogP contribution in [0.15, 0.2) is 48.8 Å². The molecule has 0 atom stereocenters. The first kappa shape index (κ1) is 22.9. The highest BCUT2D eigenvalue weighted by molar-refractivity contribution is 5.92. The molecule has 0 unspecified atom stereocenters. The highest BCUT2D eigenvalue weighted by Gasteiger charge is 2.20. The Morgan fingerprint density at radius 1 is 1.11 bits per heavy atom. The monoisotopic (exact) mass is 469 g/mol. The molecule has 0 radical (unpaired) electrons. The van der Waals surface area contributed by atoms with E-state index in [0.29, 0.717) is 42.5 Å². The van der Waals surface area contributed by atoms with Crippen LogP contribution in [0.1, 0.15) is 53.1 Å². The second kappa shape index (κ2) is 10.6. The second-order valence-electron chi connectivity index (χ2n) is 8.84. The molecule has 2 aliphatic heterocycles. The molecule has 4 heterocycles. The number of ether oxygens (including phenoxy) is 2. The van der Waals surface area contributed by atoms with Crippen LogP contribution in [0.3, 0.4) is 0 Å². The Hall–Kier alpha value is -3.83. The van der Waals surface area contributed by atoms with Gasteiger partial charge in [0.05, 0.1) is 24.5 Å². The number of nitrogens with zero attached hydrogens (tertiary/aromatic N) is 5. The lowest BCUT2D eigenvalue weighted by Gasteiger charge is -2.23. The summed E-state index contributed by atoms with van der Waals surface area (Å²) in [6.45, 7) is 2.97. The number of amides is 1. The maximum Gasteiger partial charge on any atom is 0.272 e. The molecule has 2 saturated heterocycles. The fourth-order valence-corrected chi connectivity index (χ4v) is 4.42. The lowest BCUT2D eigenvalue weighted by Crippen LogP contribution is -2.28. The third kappa shape index (κ3) is 5.47. The van der Waals surface area contributed by atoms with E-state index in [4.69, 9.17) is 14.5 Å². The van der Waals surface area contributed by atoms with Gasteiger partial charge in [-0.2, -0.15) is 5.26 Å². The molecule has 2 aromatic heterocycles. The van der Waals surface area contributed by atoms with Crippen molar-refractivity contribution >= 4 is 5.91 Å². The summed E-state index contributed by atoms with van der Waals surface area (Å²) < 4.78 is 11.4. The number of carbonyl (C=O) groups is 1. The van der Waals surface area contributed by atoms with Crippen molar-refractivity contribution < 1.29 is 14.3 Å². The average molecular weight is 470 g/mol. The van der Waals surface area contributed by atoms with Gasteiger partial charge in [-0.05, 0) is 48.7 Å². The number of nitriles is 1. The first-order valence-corrected chi connectivity index (χ1v) is 12.0. The van der Waals surface area contributed by atoms with E-state index in [2.05, 4.69) is 16.0 Å². The minimum absolute atomic E-state index is 0.00941. The maximum absolute atomic E-state index is 12.5. The lowest BCUT2D eigenvalue weighted by molar-refractivity contribution is 0.0254. The van der Waals surface area contributed by atoms with Gasteiger partial charge in [0, 0.05) is 50.3 Å². The summed E-state index contributed by atoms with van der Waals surface area (Å²) in [5, 5.41) is 9.68. The van der Waals surface area contributed by atoms with E-state index in [9.17, 15) is 10.1 Å². The van der Waals surface area contributed by atoms with E-state index in [1.807, 2.05) is 29.2 Å². The predicted octanol–water partition coefficient (Wildman–Crippen LogP) is 3.79. The number of hydrogen-bond donors (Lipinski definition) is 0. The maximum atomic E-state index is 12.5. The van der Waals surface area contributed by atoms with E-state index >= 15 is 0 Å². The van der Waals surface area contributed by atoms with Crippen LogP contribution in [-0.4, -0.2) is 58.2 Å². The molecule has 0 aliphatic carbocycles. The van der Waals surface area contributed by atoms with Gasteiger partial charge in [0.1, 0.15) is 29.4 Å². The van der Waals surface area contributed by atoms with Gasteiger partial charge in [-0.15, -0.1) is 0 Å². The number of benzene rings is 1. The zero-order chi connectivity index (χ0) is 24.0. The van der Waals surface area contributed by atoms with E-state index in [-0.39, 0.29) is 12.0 Å². The molecule has 0 saturated carbocycles. The number of hydrogen-bond acceptors (Lipinski definition) is 7. The van der Waals surface area contributed by atoms with Gasteiger partial charge in [0.15, 0.2) is 0 Å². The highest BCUT2D eigenvalue weighted by Crippen LogP contribution is 2.27. The number of aromatic nitrogens is 3. The van der Waals surface area contributed by atoms with Crippen LogP contribution in [0.5, 0.6) is 5.75 Å². The topological polar surface area (TPSA) is 101 Å². The third-order valence-electron chi connectivity index (χ3n) is 6.36. The Balaban J connectivity index is 1.29. The molecule has 2 fully saturated rings. The number of rotatable bonds is 6. The summed E-state index contributed by atoms with van der Waals surface area (Å²) in [4.78, 5) is 27.8. The van der Waals surface area contributed by atoms with Crippen LogP contribution in [-0.2, 0) is 11.2 Å². The first-order valence-electron chi connectivity index (χ1n) is 12.0. The summed E-state index contributed by atoms with van der Waals surface area (Å²) in [5.41, 5.74) is 3.44. The van der Waals surface area contributed by atoms with Crippen molar-refractivity contribution in [1.29, 1.82) is 5.26 Å². The Labute approximate surface area is 204 Å². The van der Waals surface area contributed by atoms with Crippen LogP contribution >= 0.6 is 0 Å². The van der Waals surface area contributed by atoms with E-state index in [1.54, 1.807) is 24.5 Å². The summed E-state index contributed by atoms with van der Waals surface area (Å²) in [5.74, 6) is 1.22. The molecular formula is C27H27N5O3. The van der Waals surface area contributed by atoms with Crippen LogP contribution in [0.2, 0.25) is 0 Å². The Kier molecular flexibility index (Phi) is 6.96. The summed E-state index contributed by atoms with van der Waals surface area (Å²) in [7, 11) is 0. The van der Waals surface area contributed by atoms with Gasteiger partial charge in [0.2, 0.25) is 0 Å². The van der Waals surface area contributed by atoms with Gasteiger partial charge in [0.25, 0.3) is 5.91 Å². The summed E-state index contributed by atoms with van der Waals surface area (Å²) in [6, 6.07) is 13.3.